The Morgan fingerprint density at radius 2 is 1.80 bits per heavy atom. The van der Waals surface area contributed by atoms with Gasteiger partial charge in [0.05, 0.1) is 13.7 Å². The Balaban J connectivity index is 2.00. The molecule has 20 heavy (non-hydrogen) atoms. The first kappa shape index (κ1) is 15.2. The highest BCUT2D eigenvalue weighted by atomic mass is 16.5. The van der Waals surface area contributed by atoms with Crippen LogP contribution in [0.1, 0.15) is 44.6 Å². The first-order chi connectivity index (χ1) is 9.83. The molecule has 0 aromatic heterocycles. The molecule has 0 spiro atoms. The first-order valence-corrected chi connectivity index (χ1v) is 7.85. The normalized spacial score (nSPS) is 16.7. The topological polar surface area (TPSA) is 21.7 Å². The molecule has 0 bridgehead atoms. The monoisotopic (exact) mass is 277 g/mol. The number of benzene rings is 1. The highest BCUT2D eigenvalue weighted by Gasteiger charge is 2.11. The van der Waals surface area contributed by atoms with Crippen molar-refractivity contribution in [1.29, 1.82) is 0 Å². The van der Waals surface area contributed by atoms with Crippen molar-refractivity contribution in [3.05, 3.63) is 23.8 Å². The van der Waals surface area contributed by atoms with Crippen molar-refractivity contribution in [2.75, 3.05) is 26.8 Å². The van der Waals surface area contributed by atoms with E-state index < -0.39 is 0 Å². The van der Waals surface area contributed by atoms with Crippen LogP contribution in [0.4, 0.5) is 0 Å². The number of hydrogen-bond acceptors (Lipinski definition) is 3. The molecule has 0 atom stereocenters. The van der Waals surface area contributed by atoms with Gasteiger partial charge in [-0.15, -0.1) is 0 Å². The Hall–Kier alpha value is -1.22. The molecule has 0 saturated carbocycles. The van der Waals surface area contributed by atoms with Crippen LogP contribution >= 0.6 is 0 Å². The van der Waals surface area contributed by atoms with Crippen LogP contribution in [0, 0.1) is 0 Å². The maximum atomic E-state index is 5.70. The van der Waals surface area contributed by atoms with Crippen molar-refractivity contribution in [2.24, 2.45) is 0 Å². The van der Waals surface area contributed by atoms with Crippen LogP contribution in [0.5, 0.6) is 11.5 Å². The van der Waals surface area contributed by atoms with E-state index in [1.165, 1.54) is 44.3 Å². The lowest BCUT2D eigenvalue weighted by molar-refractivity contribution is 0.274. The fourth-order valence-corrected chi connectivity index (χ4v) is 2.69. The molecule has 1 aromatic carbocycles. The molecule has 1 heterocycles. The summed E-state index contributed by atoms with van der Waals surface area (Å²) in [5.74, 6) is 1.71. The third kappa shape index (κ3) is 4.41. The van der Waals surface area contributed by atoms with Gasteiger partial charge >= 0.3 is 0 Å². The number of hydrogen-bond donors (Lipinski definition) is 0. The zero-order valence-corrected chi connectivity index (χ0v) is 12.9. The zero-order valence-electron chi connectivity index (χ0n) is 12.9. The lowest BCUT2D eigenvalue weighted by Gasteiger charge is -2.20. The molecule has 0 amide bonds. The second kappa shape index (κ2) is 8.15. The maximum Gasteiger partial charge on any atom is 0.161 e. The molecule has 1 aliphatic rings. The van der Waals surface area contributed by atoms with Gasteiger partial charge in [0.25, 0.3) is 0 Å². The van der Waals surface area contributed by atoms with Crippen molar-refractivity contribution in [3.8, 4) is 11.5 Å². The van der Waals surface area contributed by atoms with Gasteiger partial charge in [-0.3, -0.25) is 4.90 Å². The highest BCUT2D eigenvalue weighted by Crippen LogP contribution is 2.29. The van der Waals surface area contributed by atoms with Crippen LogP contribution in [0.15, 0.2) is 18.2 Å². The van der Waals surface area contributed by atoms with Gasteiger partial charge in [0.1, 0.15) is 0 Å². The summed E-state index contributed by atoms with van der Waals surface area (Å²) in [5.41, 5.74) is 1.31. The lowest BCUT2D eigenvalue weighted by Crippen LogP contribution is -2.23. The van der Waals surface area contributed by atoms with Gasteiger partial charge in [0.2, 0.25) is 0 Å². The minimum Gasteiger partial charge on any atom is -0.493 e. The highest BCUT2D eigenvalue weighted by molar-refractivity contribution is 5.42. The van der Waals surface area contributed by atoms with Gasteiger partial charge in [-0.05, 0) is 50.0 Å². The van der Waals surface area contributed by atoms with Crippen LogP contribution in [0.25, 0.3) is 0 Å². The van der Waals surface area contributed by atoms with Crippen molar-refractivity contribution < 1.29 is 9.47 Å². The standard InChI is InChI=1S/C17H27NO2/c1-3-12-20-16-9-8-15(13-17(16)19-2)14-18-10-6-4-5-7-11-18/h8-9,13H,3-7,10-12,14H2,1-2H3. The molecule has 3 heteroatoms. The Kier molecular flexibility index (Phi) is 6.19. The Labute approximate surface area is 122 Å². The molecular weight excluding hydrogens is 250 g/mol. The van der Waals surface area contributed by atoms with Crippen LogP contribution in [-0.4, -0.2) is 31.7 Å². The molecule has 2 rings (SSSR count). The van der Waals surface area contributed by atoms with Gasteiger partial charge in [-0.1, -0.05) is 25.8 Å². The molecule has 0 radical (unpaired) electrons. The molecular formula is C17H27NO2. The average molecular weight is 277 g/mol. The van der Waals surface area contributed by atoms with Crippen molar-refractivity contribution in [1.82, 2.24) is 4.90 Å². The summed E-state index contributed by atoms with van der Waals surface area (Å²) in [5, 5.41) is 0. The van der Waals surface area contributed by atoms with E-state index in [0.717, 1.165) is 31.1 Å². The van der Waals surface area contributed by atoms with Crippen molar-refractivity contribution >= 4 is 0 Å². The van der Waals surface area contributed by atoms with Gasteiger partial charge in [0.15, 0.2) is 11.5 Å². The molecule has 0 aliphatic carbocycles. The molecule has 1 saturated heterocycles. The van der Waals surface area contributed by atoms with Gasteiger partial charge < -0.3 is 9.47 Å². The summed E-state index contributed by atoms with van der Waals surface area (Å²) in [6, 6.07) is 6.33. The molecule has 1 aliphatic heterocycles. The van der Waals surface area contributed by atoms with E-state index in [4.69, 9.17) is 9.47 Å². The minimum absolute atomic E-state index is 0.738. The largest absolute Gasteiger partial charge is 0.493 e. The summed E-state index contributed by atoms with van der Waals surface area (Å²) in [7, 11) is 1.71. The number of ether oxygens (including phenoxy) is 2. The molecule has 112 valence electrons. The van der Waals surface area contributed by atoms with Crippen molar-refractivity contribution in [2.45, 2.75) is 45.6 Å². The summed E-state index contributed by atoms with van der Waals surface area (Å²) in [4.78, 5) is 2.55. The Morgan fingerprint density at radius 1 is 1.05 bits per heavy atom. The number of rotatable bonds is 6. The van der Waals surface area contributed by atoms with E-state index in [-0.39, 0.29) is 0 Å². The second-order valence-electron chi connectivity index (χ2n) is 5.52. The van der Waals surface area contributed by atoms with E-state index in [0.29, 0.717) is 0 Å². The van der Waals surface area contributed by atoms with Crippen LogP contribution in [0.3, 0.4) is 0 Å². The second-order valence-corrected chi connectivity index (χ2v) is 5.52. The van der Waals surface area contributed by atoms with Crippen LogP contribution < -0.4 is 9.47 Å². The Bertz CT molecular complexity index is 398. The fourth-order valence-electron chi connectivity index (χ4n) is 2.69. The molecule has 1 aromatic rings. The van der Waals surface area contributed by atoms with Crippen LogP contribution in [0.2, 0.25) is 0 Å². The maximum absolute atomic E-state index is 5.70. The van der Waals surface area contributed by atoms with Gasteiger partial charge in [-0.2, -0.15) is 0 Å². The van der Waals surface area contributed by atoms with E-state index in [9.17, 15) is 0 Å². The SMILES string of the molecule is CCCOc1ccc(CN2CCCCCC2)cc1OC. The molecule has 0 N–H and O–H groups in total. The predicted octanol–water partition coefficient (Wildman–Crippen LogP) is 3.86. The van der Waals surface area contributed by atoms with Gasteiger partial charge in [0, 0.05) is 6.54 Å². The third-order valence-corrected chi connectivity index (χ3v) is 3.79. The summed E-state index contributed by atoms with van der Waals surface area (Å²) in [6.07, 6.45) is 6.43. The van der Waals surface area contributed by atoms with Crippen LogP contribution in [-0.2, 0) is 6.54 Å². The van der Waals surface area contributed by atoms with E-state index in [2.05, 4.69) is 24.0 Å². The number of nitrogens with zero attached hydrogens (tertiary/aromatic N) is 1. The quantitative estimate of drug-likeness (QED) is 0.788. The zero-order chi connectivity index (χ0) is 14.2. The Morgan fingerprint density at radius 3 is 2.45 bits per heavy atom. The molecule has 3 nitrogen and oxygen atoms in total. The average Bonchev–Trinajstić information content (AvgIpc) is 2.74. The summed E-state index contributed by atoms with van der Waals surface area (Å²) >= 11 is 0. The van der Waals surface area contributed by atoms with E-state index in [1.54, 1.807) is 7.11 Å². The summed E-state index contributed by atoms with van der Waals surface area (Å²) in [6.45, 7) is 6.30. The third-order valence-electron chi connectivity index (χ3n) is 3.79. The van der Waals surface area contributed by atoms with E-state index >= 15 is 0 Å². The number of likely N-dealkylation sites (tertiary alicyclic amines) is 1. The lowest BCUT2D eigenvalue weighted by atomic mass is 10.2. The first-order valence-electron chi connectivity index (χ1n) is 7.85. The molecule has 0 unspecified atom stereocenters. The van der Waals surface area contributed by atoms with Gasteiger partial charge in [-0.25, -0.2) is 0 Å². The fraction of sp³-hybridized carbons (Fsp3) is 0.647. The predicted molar refractivity (Wildman–Crippen MR) is 82.5 cm³/mol. The minimum atomic E-state index is 0.738. The summed E-state index contributed by atoms with van der Waals surface area (Å²) < 4.78 is 11.2. The van der Waals surface area contributed by atoms with Crippen molar-refractivity contribution in [3.63, 3.8) is 0 Å². The van der Waals surface area contributed by atoms with E-state index in [1.807, 2.05) is 6.07 Å². The number of methoxy groups -OCH3 is 1. The molecule has 1 fully saturated rings. The smallest absolute Gasteiger partial charge is 0.161 e.